The van der Waals surface area contributed by atoms with Gasteiger partial charge in [-0.05, 0) is 25.1 Å². The number of aliphatic imine (C=N–C) groups is 1. The molecule has 19 heavy (non-hydrogen) atoms. The first kappa shape index (κ1) is 13.4. The number of benzene rings is 1. The molecule has 0 aromatic heterocycles. The number of amides is 1. The summed E-state index contributed by atoms with van der Waals surface area (Å²) in [7, 11) is 0. The van der Waals surface area contributed by atoms with Gasteiger partial charge in [0.25, 0.3) is 0 Å². The Bertz CT molecular complexity index is 540. The molecule has 2 N–H and O–H groups in total. The van der Waals surface area contributed by atoms with Crippen molar-refractivity contribution in [1.29, 1.82) is 0 Å². The van der Waals surface area contributed by atoms with E-state index >= 15 is 0 Å². The number of anilines is 1. The molecule has 102 valence electrons. The molecule has 1 amide bonds. The highest BCUT2D eigenvalue weighted by molar-refractivity contribution is 5.95. The summed E-state index contributed by atoms with van der Waals surface area (Å²) in [5, 5.41) is 0. The first-order valence-corrected chi connectivity index (χ1v) is 5.59. The first-order valence-electron chi connectivity index (χ1n) is 5.59. The lowest BCUT2D eigenvalue weighted by atomic mass is 10.1. The number of primary amides is 1. The van der Waals surface area contributed by atoms with Gasteiger partial charge < -0.3 is 10.6 Å². The topological polar surface area (TPSA) is 58.7 Å². The molecule has 7 heteroatoms. The molecule has 0 spiro atoms. The number of rotatable bonds is 2. The Morgan fingerprint density at radius 2 is 2.11 bits per heavy atom. The number of halogens is 3. The van der Waals surface area contributed by atoms with Gasteiger partial charge in [-0.15, -0.1) is 0 Å². The molecule has 1 heterocycles. The third kappa shape index (κ3) is 2.86. The average molecular weight is 271 g/mol. The van der Waals surface area contributed by atoms with Gasteiger partial charge in [0.2, 0.25) is 5.91 Å². The molecule has 1 atom stereocenters. The lowest BCUT2D eigenvalue weighted by Gasteiger charge is -2.18. The second-order valence-electron chi connectivity index (χ2n) is 4.40. The van der Waals surface area contributed by atoms with Crippen molar-refractivity contribution >= 4 is 17.9 Å². The monoisotopic (exact) mass is 271 g/mol. The van der Waals surface area contributed by atoms with Crippen LogP contribution in [0.5, 0.6) is 0 Å². The van der Waals surface area contributed by atoms with Gasteiger partial charge in [0.05, 0.1) is 17.9 Å². The third-order valence-electron chi connectivity index (χ3n) is 2.78. The normalized spacial score (nSPS) is 18.9. The lowest BCUT2D eigenvalue weighted by Crippen LogP contribution is -2.23. The molecule has 1 aliphatic rings. The van der Waals surface area contributed by atoms with Crippen molar-refractivity contribution in [1.82, 2.24) is 0 Å². The predicted octanol–water partition coefficient (Wildman–Crippen LogP) is 2.04. The highest BCUT2D eigenvalue weighted by atomic mass is 19.4. The molecule has 0 saturated heterocycles. The highest BCUT2D eigenvalue weighted by Gasteiger charge is 2.32. The first-order chi connectivity index (χ1) is 8.77. The van der Waals surface area contributed by atoms with Crippen LogP contribution >= 0.6 is 0 Å². The van der Waals surface area contributed by atoms with Crippen molar-refractivity contribution in [3.05, 3.63) is 29.3 Å². The van der Waals surface area contributed by atoms with Crippen LogP contribution in [0.25, 0.3) is 0 Å². The van der Waals surface area contributed by atoms with Crippen LogP contribution < -0.4 is 10.6 Å². The van der Waals surface area contributed by atoms with Crippen LogP contribution in [0, 0.1) is 0 Å². The SMILES string of the molecule is CC1CN(c2cc(C(N)=O)cc(C(F)(F)F)c2)C=N1. The zero-order chi connectivity index (χ0) is 14.2. The minimum atomic E-state index is -4.53. The largest absolute Gasteiger partial charge is 0.416 e. The number of nitrogens with two attached hydrogens (primary N) is 1. The fourth-order valence-electron chi connectivity index (χ4n) is 1.83. The summed E-state index contributed by atoms with van der Waals surface area (Å²) in [6, 6.07) is 3.08. The van der Waals surface area contributed by atoms with Crippen LogP contribution in [0.1, 0.15) is 22.8 Å². The third-order valence-corrected chi connectivity index (χ3v) is 2.78. The summed E-state index contributed by atoms with van der Waals surface area (Å²) in [5.41, 5.74) is 4.26. The van der Waals surface area contributed by atoms with Crippen molar-refractivity contribution < 1.29 is 18.0 Å². The van der Waals surface area contributed by atoms with Gasteiger partial charge in [0.1, 0.15) is 0 Å². The van der Waals surface area contributed by atoms with Crippen molar-refractivity contribution in [2.24, 2.45) is 10.7 Å². The van der Waals surface area contributed by atoms with Crippen molar-refractivity contribution in [2.45, 2.75) is 19.1 Å². The van der Waals surface area contributed by atoms with E-state index in [1.165, 1.54) is 12.4 Å². The summed E-state index contributed by atoms with van der Waals surface area (Å²) in [4.78, 5) is 16.7. The number of nitrogens with zero attached hydrogens (tertiary/aromatic N) is 2. The van der Waals surface area contributed by atoms with E-state index < -0.39 is 17.6 Å². The van der Waals surface area contributed by atoms with Crippen LogP contribution in [0.4, 0.5) is 18.9 Å². The quantitative estimate of drug-likeness (QED) is 0.894. The molecule has 1 aliphatic heterocycles. The Morgan fingerprint density at radius 3 is 2.58 bits per heavy atom. The maximum atomic E-state index is 12.8. The fourth-order valence-corrected chi connectivity index (χ4v) is 1.83. The average Bonchev–Trinajstić information content (AvgIpc) is 2.74. The maximum absolute atomic E-state index is 12.8. The second kappa shape index (κ2) is 4.56. The van der Waals surface area contributed by atoms with Gasteiger partial charge in [-0.25, -0.2) is 0 Å². The Hall–Kier alpha value is -2.05. The molecule has 0 radical (unpaired) electrons. The molecule has 0 fully saturated rings. The molecule has 1 unspecified atom stereocenters. The number of carbonyl (C=O) groups excluding carboxylic acids is 1. The minimum absolute atomic E-state index is 0.00608. The lowest BCUT2D eigenvalue weighted by molar-refractivity contribution is -0.137. The van der Waals surface area contributed by atoms with E-state index in [1.54, 1.807) is 4.90 Å². The Labute approximate surface area is 107 Å². The molecule has 1 aromatic carbocycles. The van der Waals surface area contributed by atoms with Crippen molar-refractivity contribution in [2.75, 3.05) is 11.4 Å². The Balaban J connectivity index is 2.46. The Morgan fingerprint density at radius 1 is 1.42 bits per heavy atom. The van der Waals surface area contributed by atoms with Gasteiger partial charge >= 0.3 is 6.18 Å². The molecule has 2 rings (SSSR count). The van der Waals surface area contributed by atoms with E-state index in [1.807, 2.05) is 6.92 Å². The van der Waals surface area contributed by atoms with Gasteiger partial charge in [0.15, 0.2) is 0 Å². The zero-order valence-corrected chi connectivity index (χ0v) is 10.1. The number of hydrogen-bond acceptors (Lipinski definition) is 3. The van der Waals surface area contributed by atoms with E-state index in [-0.39, 0.29) is 17.3 Å². The minimum Gasteiger partial charge on any atom is -0.366 e. The fraction of sp³-hybridized carbons (Fsp3) is 0.333. The summed E-state index contributed by atoms with van der Waals surface area (Å²) >= 11 is 0. The van der Waals surface area contributed by atoms with Gasteiger partial charge in [-0.2, -0.15) is 13.2 Å². The second-order valence-corrected chi connectivity index (χ2v) is 4.40. The standard InChI is InChI=1S/C12H12F3N3O/c1-7-5-18(6-17-7)10-3-8(11(16)19)2-9(4-10)12(13,14)15/h2-4,6-7H,5H2,1H3,(H2,16,19). The predicted molar refractivity (Wildman–Crippen MR) is 65.3 cm³/mol. The Kier molecular flexibility index (Phi) is 3.21. The zero-order valence-electron chi connectivity index (χ0n) is 10.1. The van der Waals surface area contributed by atoms with Crippen LogP contribution in [0.15, 0.2) is 23.2 Å². The number of hydrogen-bond donors (Lipinski definition) is 1. The molecule has 4 nitrogen and oxygen atoms in total. The summed E-state index contributed by atoms with van der Waals surface area (Å²) in [5.74, 6) is -0.892. The molecule has 0 bridgehead atoms. The number of carbonyl (C=O) groups is 1. The summed E-state index contributed by atoms with van der Waals surface area (Å²) < 4.78 is 38.3. The van der Waals surface area contributed by atoms with Crippen LogP contribution in [0.2, 0.25) is 0 Å². The molecular weight excluding hydrogens is 259 g/mol. The summed E-state index contributed by atoms with van der Waals surface area (Å²) in [6.07, 6.45) is -3.06. The molecule has 1 aromatic rings. The maximum Gasteiger partial charge on any atom is 0.416 e. The van der Waals surface area contributed by atoms with Crippen LogP contribution in [0.3, 0.4) is 0 Å². The van der Waals surface area contributed by atoms with Crippen molar-refractivity contribution in [3.8, 4) is 0 Å². The van der Waals surface area contributed by atoms with E-state index in [0.29, 0.717) is 6.54 Å². The van der Waals surface area contributed by atoms with E-state index in [0.717, 1.165) is 12.1 Å². The molecular formula is C12H12F3N3O. The van der Waals surface area contributed by atoms with Crippen LogP contribution in [-0.2, 0) is 6.18 Å². The van der Waals surface area contributed by atoms with Crippen LogP contribution in [-0.4, -0.2) is 24.8 Å². The molecule has 0 saturated carbocycles. The van der Waals surface area contributed by atoms with E-state index in [4.69, 9.17) is 5.73 Å². The van der Waals surface area contributed by atoms with Gasteiger partial charge in [-0.1, -0.05) is 0 Å². The van der Waals surface area contributed by atoms with E-state index in [2.05, 4.69) is 4.99 Å². The smallest absolute Gasteiger partial charge is 0.366 e. The highest BCUT2D eigenvalue weighted by Crippen LogP contribution is 2.33. The molecule has 0 aliphatic carbocycles. The summed E-state index contributed by atoms with van der Waals surface area (Å²) in [6.45, 7) is 2.32. The van der Waals surface area contributed by atoms with E-state index in [9.17, 15) is 18.0 Å². The van der Waals surface area contributed by atoms with Gasteiger partial charge in [0, 0.05) is 17.8 Å². The van der Waals surface area contributed by atoms with Crippen molar-refractivity contribution in [3.63, 3.8) is 0 Å². The number of alkyl halides is 3. The van der Waals surface area contributed by atoms with Gasteiger partial charge in [-0.3, -0.25) is 9.79 Å².